The number of nitrogens with one attached hydrogen (secondary N) is 1. The lowest BCUT2D eigenvalue weighted by Crippen LogP contribution is -2.32. The second-order valence-corrected chi connectivity index (χ2v) is 4.76. The third-order valence-corrected chi connectivity index (χ3v) is 3.11. The highest BCUT2D eigenvalue weighted by Crippen LogP contribution is 2.19. The van der Waals surface area contributed by atoms with E-state index in [9.17, 15) is 14.3 Å². The number of aliphatic hydroxyl groups is 1. The Morgan fingerprint density at radius 1 is 1.61 bits per heavy atom. The summed E-state index contributed by atoms with van der Waals surface area (Å²) in [5.74, 6) is -0.718. The van der Waals surface area contributed by atoms with Gasteiger partial charge in [-0.2, -0.15) is 0 Å². The monoisotopic (exact) mass is 272 g/mol. The van der Waals surface area contributed by atoms with Crippen LogP contribution in [0.1, 0.15) is 6.42 Å². The molecule has 18 heavy (non-hydrogen) atoms. The van der Waals surface area contributed by atoms with E-state index >= 15 is 0 Å². The lowest BCUT2D eigenvalue weighted by Gasteiger charge is -2.14. The zero-order valence-corrected chi connectivity index (χ0v) is 10.5. The maximum atomic E-state index is 12.9. The number of anilines is 1. The SMILES string of the molecule is O=C(CN1CC[C@H](O)C1)Nc1ccc(F)c(Cl)c1. The highest BCUT2D eigenvalue weighted by Gasteiger charge is 2.21. The number of amides is 1. The van der Waals surface area contributed by atoms with Crippen molar-refractivity contribution in [1.82, 2.24) is 4.90 Å². The van der Waals surface area contributed by atoms with Crippen LogP contribution in [0.2, 0.25) is 5.02 Å². The molecule has 1 aliphatic heterocycles. The number of likely N-dealkylation sites (tertiary alicyclic amines) is 1. The average molecular weight is 273 g/mol. The van der Waals surface area contributed by atoms with Crippen molar-refractivity contribution in [2.24, 2.45) is 0 Å². The molecule has 0 radical (unpaired) electrons. The van der Waals surface area contributed by atoms with Crippen molar-refractivity contribution >= 4 is 23.2 Å². The van der Waals surface area contributed by atoms with Crippen molar-refractivity contribution in [2.45, 2.75) is 12.5 Å². The van der Waals surface area contributed by atoms with E-state index in [1.807, 2.05) is 4.90 Å². The molecular formula is C12H14ClFN2O2. The largest absolute Gasteiger partial charge is 0.392 e. The Morgan fingerprint density at radius 2 is 2.39 bits per heavy atom. The zero-order chi connectivity index (χ0) is 13.1. The highest BCUT2D eigenvalue weighted by atomic mass is 35.5. The minimum absolute atomic E-state index is 0.0237. The second-order valence-electron chi connectivity index (χ2n) is 4.35. The van der Waals surface area contributed by atoms with Crippen LogP contribution < -0.4 is 5.32 Å². The van der Waals surface area contributed by atoms with E-state index in [-0.39, 0.29) is 23.6 Å². The number of nitrogens with zero attached hydrogens (tertiary/aromatic N) is 1. The van der Waals surface area contributed by atoms with Crippen LogP contribution in [-0.2, 0) is 4.79 Å². The molecule has 0 unspecified atom stereocenters. The van der Waals surface area contributed by atoms with Crippen molar-refractivity contribution < 1.29 is 14.3 Å². The van der Waals surface area contributed by atoms with Crippen LogP contribution in [0.4, 0.5) is 10.1 Å². The summed E-state index contributed by atoms with van der Waals surface area (Å²) in [6.07, 6.45) is 0.341. The Morgan fingerprint density at radius 3 is 3.00 bits per heavy atom. The number of aliphatic hydroxyl groups excluding tert-OH is 1. The fourth-order valence-electron chi connectivity index (χ4n) is 1.93. The zero-order valence-electron chi connectivity index (χ0n) is 9.70. The van der Waals surface area contributed by atoms with Crippen LogP contribution in [0.3, 0.4) is 0 Å². The molecule has 98 valence electrons. The summed E-state index contributed by atoms with van der Waals surface area (Å²) in [4.78, 5) is 13.6. The van der Waals surface area contributed by atoms with Gasteiger partial charge in [-0.1, -0.05) is 11.6 Å². The van der Waals surface area contributed by atoms with Gasteiger partial charge in [-0.3, -0.25) is 9.69 Å². The van der Waals surface area contributed by atoms with E-state index < -0.39 is 5.82 Å². The van der Waals surface area contributed by atoms with Gasteiger partial charge in [0.25, 0.3) is 0 Å². The van der Waals surface area contributed by atoms with Gasteiger partial charge >= 0.3 is 0 Å². The molecular weight excluding hydrogens is 259 g/mol. The first kappa shape index (κ1) is 13.3. The number of hydrogen-bond acceptors (Lipinski definition) is 3. The number of halogens is 2. The van der Waals surface area contributed by atoms with Crippen LogP contribution in [0.25, 0.3) is 0 Å². The Hall–Kier alpha value is -1.17. The molecule has 1 aromatic rings. The number of carbonyl (C=O) groups is 1. The number of β-amino-alcohol motifs (C(OH)–C–C–N with tert-alkyl or cyclic N) is 1. The molecule has 0 aliphatic carbocycles. The smallest absolute Gasteiger partial charge is 0.238 e. The minimum atomic E-state index is -0.516. The second kappa shape index (κ2) is 5.65. The first-order chi connectivity index (χ1) is 8.54. The van der Waals surface area contributed by atoms with Crippen LogP contribution in [0, 0.1) is 5.82 Å². The van der Waals surface area contributed by atoms with Gasteiger partial charge in [-0.05, 0) is 24.6 Å². The summed E-state index contributed by atoms with van der Waals surface area (Å²) in [7, 11) is 0. The van der Waals surface area contributed by atoms with Gasteiger partial charge in [0.15, 0.2) is 0 Å². The standard InChI is InChI=1S/C12H14ClFN2O2/c13-10-5-8(1-2-11(10)14)15-12(18)7-16-4-3-9(17)6-16/h1-2,5,9,17H,3-4,6-7H2,(H,15,18)/t9-/m0/s1. The molecule has 1 heterocycles. The molecule has 2 N–H and O–H groups in total. The van der Waals surface area contributed by atoms with E-state index in [1.165, 1.54) is 18.2 Å². The quantitative estimate of drug-likeness (QED) is 0.876. The summed E-state index contributed by atoms with van der Waals surface area (Å²) >= 11 is 5.62. The van der Waals surface area contributed by atoms with E-state index in [0.29, 0.717) is 25.2 Å². The maximum absolute atomic E-state index is 12.9. The molecule has 0 aromatic heterocycles. The van der Waals surface area contributed by atoms with E-state index in [2.05, 4.69) is 5.32 Å². The van der Waals surface area contributed by atoms with Gasteiger partial charge in [0.1, 0.15) is 5.82 Å². The molecule has 4 nitrogen and oxygen atoms in total. The third kappa shape index (κ3) is 3.41. The molecule has 2 rings (SSSR count). The summed E-state index contributed by atoms with van der Waals surface area (Å²) in [5.41, 5.74) is 0.464. The molecule has 0 saturated carbocycles. The number of hydrogen-bond donors (Lipinski definition) is 2. The predicted molar refractivity (Wildman–Crippen MR) is 67.1 cm³/mol. The van der Waals surface area contributed by atoms with Crippen molar-refractivity contribution in [3.8, 4) is 0 Å². The van der Waals surface area contributed by atoms with Crippen molar-refractivity contribution in [1.29, 1.82) is 0 Å². The van der Waals surface area contributed by atoms with Crippen LogP contribution in [-0.4, -0.2) is 41.7 Å². The molecule has 0 bridgehead atoms. The topological polar surface area (TPSA) is 52.6 Å². The first-order valence-corrected chi connectivity index (χ1v) is 6.08. The Labute approximate surface area is 109 Å². The lowest BCUT2D eigenvalue weighted by molar-refractivity contribution is -0.117. The van der Waals surface area contributed by atoms with Gasteiger partial charge in [-0.15, -0.1) is 0 Å². The summed E-state index contributed by atoms with van der Waals surface area (Å²) < 4.78 is 12.9. The predicted octanol–water partition coefficient (Wildman–Crippen LogP) is 1.48. The van der Waals surface area contributed by atoms with Crippen LogP contribution >= 0.6 is 11.6 Å². The van der Waals surface area contributed by atoms with E-state index in [0.717, 1.165) is 0 Å². The molecule has 1 amide bonds. The van der Waals surface area contributed by atoms with Gasteiger partial charge in [0, 0.05) is 18.8 Å². The number of rotatable bonds is 3. The Kier molecular flexibility index (Phi) is 4.16. The Balaban J connectivity index is 1.89. The summed E-state index contributed by atoms with van der Waals surface area (Å²) in [6.45, 7) is 1.43. The fourth-order valence-corrected chi connectivity index (χ4v) is 2.11. The van der Waals surface area contributed by atoms with E-state index in [1.54, 1.807) is 0 Å². The van der Waals surface area contributed by atoms with Gasteiger partial charge in [-0.25, -0.2) is 4.39 Å². The molecule has 1 aliphatic rings. The van der Waals surface area contributed by atoms with E-state index in [4.69, 9.17) is 11.6 Å². The molecule has 1 atom stereocenters. The summed E-state index contributed by atoms with van der Waals surface area (Å²) in [5, 5.41) is 12.0. The first-order valence-electron chi connectivity index (χ1n) is 5.70. The lowest BCUT2D eigenvalue weighted by atomic mass is 10.3. The van der Waals surface area contributed by atoms with Crippen LogP contribution in [0.5, 0.6) is 0 Å². The molecule has 6 heteroatoms. The van der Waals surface area contributed by atoms with Crippen molar-refractivity contribution in [3.63, 3.8) is 0 Å². The minimum Gasteiger partial charge on any atom is -0.392 e. The fraction of sp³-hybridized carbons (Fsp3) is 0.417. The third-order valence-electron chi connectivity index (χ3n) is 2.82. The van der Waals surface area contributed by atoms with Crippen LogP contribution in [0.15, 0.2) is 18.2 Å². The normalized spacial score (nSPS) is 20.1. The highest BCUT2D eigenvalue weighted by molar-refractivity contribution is 6.31. The average Bonchev–Trinajstić information content (AvgIpc) is 2.69. The summed E-state index contributed by atoms with van der Waals surface area (Å²) in [6, 6.07) is 4.03. The molecule has 1 aromatic carbocycles. The van der Waals surface area contributed by atoms with Gasteiger partial charge < -0.3 is 10.4 Å². The maximum Gasteiger partial charge on any atom is 0.238 e. The van der Waals surface area contributed by atoms with Crippen molar-refractivity contribution in [3.05, 3.63) is 29.0 Å². The van der Waals surface area contributed by atoms with Gasteiger partial charge in [0.05, 0.1) is 17.7 Å². The van der Waals surface area contributed by atoms with Gasteiger partial charge in [0.2, 0.25) is 5.91 Å². The molecule has 1 fully saturated rings. The molecule has 1 saturated heterocycles. The number of carbonyl (C=O) groups excluding carboxylic acids is 1. The number of benzene rings is 1. The Bertz CT molecular complexity index is 456. The van der Waals surface area contributed by atoms with Crippen molar-refractivity contribution in [2.75, 3.05) is 25.0 Å². The molecule has 0 spiro atoms.